The summed E-state index contributed by atoms with van der Waals surface area (Å²) in [6.07, 6.45) is 0.883. The van der Waals surface area contributed by atoms with Crippen molar-refractivity contribution in [1.82, 2.24) is 5.32 Å². The first-order valence-electron chi connectivity index (χ1n) is 7.07. The van der Waals surface area contributed by atoms with Crippen LogP contribution >= 0.6 is 23.2 Å². The second-order valence-corrected chi connectivity index (χ2v) is 6.24. The summed E-state index contributed by atoms with van der Waals surface area (Å²) in [6.45, 7) is 1.68. The fourth-order valence-corrected chi connectivity index (χ4v) is 3.57. The van der Waals surface area contributed by atoms with E-state index < -0.39 is 0 Å². The molecule has 1 aliphatic rings. The number of hydrogen-bond acceptors (Lipinski definition) is 1. The lowest BCUT2D eigenvalue weighted by molar-refractivity contribution is 0.393. The summed E-state index contributed by atoms with van der Waals surface area (Å²) >= 11 is 12.2. The average Bonchev–Trinajstić information content (AvgIpc) is 2.48. The molecule has 21 heavy (non-hydrogen) atoms. The summed E-state index contributed by atoms with van der Waals surface area (Å²) in [5, 5.41) is 4.56. The van der Waals surface area contributed by atoms with E-state index in [2.05, 4.69) is 5.32 Å². The molecule has 1 nitrogen and oxygen atoms in total. The van der Waals surface area contributed by atoms with Crippen molar-refractivity contribution in [2.24, 2.45) is 0 Å². The fraction of sp³-hybridized carbons (Fsp3) is 0.294. The standard InChI is InChI=1S/C17H16Cl2FN/c18-11-5-6-14(17(20)9-11)12-7-8-21-10-15(12)13-3-1-2-4-16(13)19/h1-6,9,12,15,21H,7-8,10H2. The minimum atomic E-state index is -0.230. The van der Waals surface area contributed by atoms with Crippen molar-refractivity contribution >= 4 is 23.2 Å². The van der Waals surface area contributed by atoms with E-state index in [0.717, 1.165) is 35.7 Å². The molecule has 1 aliphatic heterocycles. The predicted octanol–water partition coefficient (Wildman–Crippen LogP) is 4.99. The van der Waals surface area contributed by atoms with E-state index in [9.17, 15) is 4.39 Å². The first-order chi connectivity index (χ1) is 10.2. The van der Waals surface area contributed by atoms with Gasteiger partial charge in [0.1, 0.15) is 5.82 Å². The molecular formula is C17H16Cl2FN. The molecule has 2 aromatic rings. The van der Waals surface area contributed by atoms with Gasteiger partial charge in [0, 0.05) is 22.5 Å². The minimum absolute atomic E-state index is 0.114. The van der Waals surface area contributed by atoms with Crippen LogP contribution in [0, 0.1) is 5.82 Å². The quantitative estimate of drug-likeness (QED) is 0.820. The Morgan fingerprint density at radius 2 is 1.81 bits per heavy atom. The molecule has 3 rings (SSSR count). The molecule has 0 aromatic heterocycles. The molecule has 0 bridgehead atoms. The molecule has 0 radical (unpaired) electrons. The first-order valence-corrected chi connectivity index (χ1v) is 7.82. The van der Waals surface area contributed by atoms with Crippen molar-refractivity contribution in [2.75, 3.05) is 13.1 Å². The first kappa shape index (κ1) is 14.8. The Kier molecular flexibility index (Phi) is 4.48. The van der Waals surface area contributed by atoms with Crippen LogP contribution in [0.25, 0.3) is 0 Å². The third-order valence-electron chi connectivity index (χ3n) is 4.15. The van der Waals surface area contributed by atoms with Gasteiger partial charge in [-0.3, -0.25) is 0 Å². The SMILES string of the molecule is Fc1cc(Cl)ccc1C1CCNCC1c1ccccc1Cl. The number of rotatable bonds is 2. The summed E-state index contributed by atoms with van der Waals surface area (Å²) in [5.41, 5.74) is 1.80. The van der Waals surface area contributed by atoms with Crippen molar-refractivity contribution in [3.05, 3.63) is 69.5 Å². The second-order valence-electron chi connectivity index (χ2n) is 5.39. The molecular weight excluding hydrogens is 308 g/mol. The highest BCUT2D eigenvalue weighted by atomic mass is 35.5. The van der Waals surface area contributed by atoms with Crippen LogP contribution in [0.5, 0.6) is 0 Å². The maximum Gasteiger partial charge on any atom is 0.128 e. The van der Waals surface area contributed by atoms with Crippen LogP contribution in [0.3, 0.4) is 0 Å². The summed E-state index contributed by atoms with van der Waals surface area (Å²) in [6, 6.07) is 12.8. The highest BCUT2D eigenvalue weighted by molar-refractivity contribution is 6.31. The van der Waals surface area contributed by atoms with Gasteiger partial charge in [-0.2, -0.15) is 0 Å². The van der Waals surface area contributed by atoms with Gasteiger partial charge in [0.25, 0.3) is 0 Å². The average molecular weight is 324 g/mol. The molecule has 2 unspecified atom stereocenters. The second kappa shape index (κ2) is 6.35. The molecule has 1 heterocycles. The van der Waals surface area contributed by atoms with Crippen molar-refractivity contribution in [3.63, 3.8) is 0 Å². The number of halogens is 3. The lowest BCUT2D eigenvalue weighted by Gasteiger charge is -2.33. The molecule has 110 valence electrons. The zero-order valence-electron chi connectivity index (χ0n) is 11.5. The highest BCUT2D eigenvalue weighted by Gasteiger charge is 2.30. The summed E-state index contributed by atoms with van der Waals surface area (Å²) in [5.74, 6) is 0.0537. The Labute approximate surface area is 134 Å². The van der Waals surface area contributed by atoms with Gasteiger partial charge in [-0.1, -0.05) is 47.5 Å². The third-order valence-corrected chi connectivity index (χ3v) is 4.73. The molecule has 1 saturated heterocycles. The third kappa shape index (κ3) is 3.08. The van der Waals surface area contributed by atoms with Crippen LogP contribution in [-0.4, -0.2) is 13.1 Å². The van der Waals surface area contributed by atoms with E-state index in [1.54, 1.807) is 12.1 Å². The van der Waals surface area contributed by atoms with Crippen LogP contribution in [0.2, 0.25) is 10.0 Å². The van der Waals surface area contributed by atoms with E-state index in [1.807, 2.05) is 24.3 Å². The van der Waals surface area contributed by atoms with Gasteiger partial charge in [-0.25, -0.2) is 4.39 Å². The Bertz CT molecular complexity index is 644. The van der Waals surface area contributed by atoms with E-state index in [4.69, 9.17) is 23.2 Å². The van der Waals surface area contributed by atoms with Gasteiger partial charge in [-0.05, 0) is 48.2 Å². The molecule has 1 N–H and O–H groups in total. The van der Waals surface area contributed by atoms with Crippen molar-refractivity contribution in [3.8, 4) is 0 Å². The van der Waals surface area contributed by atoms with Crippen molar-refractivity contribution in [1.29, 1.82) is 0 Å². The number of piperidine rings is 1. The van der Waals surface area contributed by atoms with Crippen LogP contribution in [-0.2, 0) is 0 Å². The molecule has 1 fully saturated rings. The predicted molar refractivity (Wildman–Crippen MR) is 85.8 cm³/mol. The molecule has 2 atom stereocenters. The number of nitrogens with one attached hydrogen (secondary N) is 1. The van der Waals surface area contributed by atoms with Crippen LogP contribution in [0.1, 0.15) is 29.4 Å². The van der Waals surface area contributed by atoms with Gasteiger partial charge < -0.3 is 5.32 Å². The van der Waals surface area contributed by atoms with E-state index >= 15 is 0 Å². The lowest BCUT2D eigenvalue weighted by atomic mass is 9.77. The van der Waals surface area contributed by atoms with Crippen molar-refractivity contribution in [2.45, 2.75) is 18.3 Å². The Morgan fingerprint density at radius 1 is 1.00 bits per heavy atom. The summed E-state index contributed by atoms with van der Waals surface area (Å²) in [4.78, 5) is 0. The molecule has 0 amide bonds. The molecule has 4 heteroatoms. The van der Waals surface area contributed by atoms with Gasteiger partial charge >= 0.3 is 0 Å². The minimum Gasteiger partial charge on any atom is -0.316 e. The lowest BCUT2D eigenvalue weighted by Crippen LogP contribution is -2.34. The normalized spacial score (nSPS) is 22.2. The molecule has 0 saturated carbocycles. The number of hydrogen-bond donors (Lipinski definition) is 1. The van der Waals surface area contributed by atoms with Gasteiger partial charge in [0.15, 0.2) is 0 Å². The van der Waals surface area contributed by atoms with Crippen LogP contribution < -0.4 is 5.32 Å². The monoisotopic (exact) mass is 323 g/mol. The Hall–Kier alpha value is -1.09. The molecule has 2 aromatic carbocycles. The maximum absolute atomic E-state index is 14.3. The molecule has 0 spiro atoms. The largest absolute Gasteiger partial charge is 0.316 e. The van der Waals surface area contributed by atoms with E-state index in [0.29, 0.717) is 5.02 Å². The molecule has 0 aliphatic carbocycles. The maximum atomic E-state index is 14.3. The smallest absolute Gasteiger partial charge is 0.128 e. The fourth-order valence-electron chi connectivity index (χ4n) is 3.14. The van der Waals surface area contributed by atoms with Gasteiger partial charge in [-0.15, -0.1) is 0 Å². The summed E-state index contributed by atoms with van der Waals surface area (Å²) < 4.78 is 14.3. The Balaban J connectivity index is 2.00. The van der Waals surface area contributed by atoms with E-state index in [1.165, 1.54) is 6.07 Å². The Morgan fingerprint density at radius 3 is 2.57 bits per heavy atom. The zero-order valence-corrected chi connectivity index (χ0v) is 13.0. The number of benzene rings is 2. The van der Waals surface area contributed by atoms with Gasteiger partial charge in [0.05, 0.1) is 0 Å². The highest BCUT2D eigenvalue weighted by Crippen LogP contribution is 2.41. The van der Waals surface area contributed by atoms with Crippen LogP contribution in [0.15, 0.2) is 42.5 Å². The van der Waals surface area contributed by atoms with Gasteiger partial charge in [0.2, 0.25) is 0 Å². The summed E-state index contributed by atoms with van der Waals surface area (Å²) in [7, 11) is 0. The van der Waals surface area contributed by atoms with Crippen molar-refractivity contribution < 1.29 is 4.39 Å². The topological polar surface area (TPSA) is 12.0 Å². The van der Waals surface area contributed by atoms with Crippen LogP contribution in [0.4, 0.5) is 4.39 Å². The van der Waals surface area contributed by atoms with E-state index in [-0.39, 0.29) is 17.7 Å². The zero-order chi connectivity index (χ0) is 14.8.